The lowest BCUT2D eigenvalue weighted by molar-refractivity contribution is 0.0560. The lowest BCUT2D eigenvalue weighted by Crippen LogP contribution is -2.45. The van der Waals surface area contributed by atoms with E-state index in [9.17, 15) is 0 Å². The summed E-state index contributed by atoms with van der Waals surface area (Å²) in [4.78, 5) is 0. The summed E-state index contributed by atoms with van der Waals surface area (Å²) in [6.45, 7) is 6.00. The standard InChI is InChI=1S/C6H13NO.ClH/c1-5-3-8-4-6(2)7-5;/h5-7H,3-4H2,1-2H3;1H/t5-,6+;. The predicted octanol–water partition coefficient (Wildman–Crippen LogP) is 0.805. The van der Waals surface area contributed by atoms with E-state index in [0.717, 1.165) is 13.2 Å². The molecule has 9 heavy (non-hydrogen) atoms. The van der Waals surface area contributed by atoms with Gasteiger partial charge in [-0.3, -0.25) is 0 Å². The number of ether oxygens (including phenoxy) is 1. The van der Waals surface area contributed by atoms with Gasteiger partial charge in [-0.15, -0.1) is 12.4 Å². The van der Waals surface area contributed by atoms with E-state index in [1.807, 2.05) is 0 Å². The maximum absolute atomic E-state index is 5.23. The van der Waals surface area contributed by atoms with Crippen LogP contribution in [0.3, 0.4) is 0 Å². The molecule has 0 aromatic carbocycles. The zero-order chi connectivity index (χ0) is 5.98. The quantitative estimate of drug-likeness (QED) is 0.553. The van der Waals surface area contributed by atoms with Crippen molar-refractivity contribution in [3.63, 3.8) is 0 Å². The maximum Gasteiger partial charge on any atom is 0.0617 e. The molecular weight excluding hydrogens is 138 g/mol. The molecule has 56 valence electrons. The van der Waals surface area contributed by atoms with Crippen molar-refractivity contribution >= 4 is 12.4 Å². The molecule has 1 fully saturated rings. The van der Waals surface area contributed by atoms with Gasteiger partial charge in [0.15, 0.2) is 0 Å². The van der Waals surface area contributed by atoms with Crippen LogP contribution in [-0.4, -0.2) is 25.3 Å². The van der Waals surface area contributed by atoms with Crippen LogP contribution in [0.15, 0.2) is 0 Å². The normalized spacial score (nSPS) is 35.3. The van der Waals surface area contributed by atoms with Gasteiger partial charge in [-0.05, 0) is 13.8 Å². The average molecular weight is 152 g/mol. The Morgan fingerprint density at radius 1 is 1.22 bits per heavy atom. The topological polar surface area (TPSA) is 21.3 Å². The van der Waals surface area contributed by atoms with Gasteiger partial charge >= 0.3 is 0 Å². The van der Waals surface area contributed by atoms with E-state index in [4.69, 9.17) is 4.74 Å². The molecule has 0 amide bonds. The predicted molar refractivity (Wildman–Crippen MR) is 40.1 cm³/mol. The van der Waals surface area contributed by atoms with Crippen molar-refractivity contribution in [3.05, 3.63) is 0 Å². The summed E-state index contributed by atoms with van der Waals surface area (Å²) in [7, 11) is 0. The minimum absolute atomic E-state index is 0. The van der Waals surface area contributed by atoms with Gasteiger partial charge in [0.25, 0.3) is 0 Å². The number of hydrogen-bond acceptors (Lipinski definition) is 2. The molecule has 0 saturated carbocycles. The molecule has 1 N–H and O–H groups in total. The molecule has 2 nitrogen and oxygen atoms in total. The van der Waals surface area contributed by atoms with Crippen LogP contribution in [0.4, 0.5) is 0 Å². The van der Waals surface area contributed by atoms with Crippen molar-refractivity contribution in [2.75, 3.05) is 13.2 Å². The van der Waals surface area contributed by atoms with Gasteiger partial charge in [0.05, 0.1) is 13.2 Å². The molecule has 0 aromatic heterocycles. The molecule has 1 heterocycles. The number of rotatable bonds is 0. The number of morpholine rings is 1. The first-order valence-corrected chi connectivity index (χ1v) is 3.13. The van der Waals surface area contributed by atoms with Gasteiger partial charge in [0.1, 0.15) is 0 Å². The largest absolute Gasteiger partial charge is 0.378 e. The van der Waals surface area contributed by atoms with Crippen LogP contribution in [0.25, 0.3) is 0 Å². The summed E-state index contributed by atoms with van der Waals surface area (Å²) < 4.78 is 5.23. The Morgan fingerprint density at radius 2 is 1.67 bits per heavy atom. The molecule has 0 unspecified atom stereocenters. The minimum atomic E-state index is 0. The zero-order valence-corrected chi connectivity index (χ0v) is 6.70. The van der Waals surface area contributed by atoms with Crippen LogP contribution in [0.2, 0.25) is 0 Å². The van der Waals surface area contributed by atoms with Crippen LogP contribution >= 0.6 is 12.4 Å². The maximum atomic E-state index is 5.23. The van der Waals surface area contributed by atoms with Crippen LogP contribution in [0.1, 0.15) is 13.8 Å². The molecular formula is C6H14ClNO. The third-order valence-electron chi connectivity index (χ3n) is 1.30. The third kappa shape index (κ3) is 3.04. The minimum Gasteiger partial charge on any atom is -0.378 e. The van der Waals surface area contributed by atoms with E-state index in [1.54, 1.807) is 0 Å². The van der Waals surface area contributed by atoms with Crippen LogP contribution in [0.5, 0.6) is 0 Å². The summed E-state index contributed by atoms with van der Waals surface area (Å²) in [5.41, 5.74) is 0. The average Bonchev–Trinajstić information content (AvgIpc) is 1.64. The van der Waals surface area contributed by atoms with Gasteiger partial charge in [-0.25, -0.2) is 0 Å². The highest BCUT2D eigenvalue weighted by molar-refractivity contribution is 5.85. The van der Waals surface area contributed by atoms with E-state index >= 15 is 0 Å². The van der Waals surface area contributed by atoms with Crippen molar-refractivity contribution in [2.45, 2.75) is 25.9 Å². The summed E-state index contributed by atoms with van der Waals surface area (Å²) >= 11 is 0. The van der Waals surface area contributed by atoms with Gasteiger partial charge in [-0.1, -0.05) is 0 Å². The van der Waals surface area contributed by atoms with E-state index in [1.165, 1.54) is 0 Å². The molecule has 1 aliphatic rings. The summed E-state index contributed by atoms with van der Waals surface area (Å²) in [5.74, 6) is 0. The molecule has 0 radical (unpaired) electrons. The first-order valence-electron chi connectivity index (χ1n) is 3.13. The van der Waals surface area contributed by atoms with Gasteiger partial charge in [0.2, 0.25) is 0 Å². The Kier molecular flexibility index (Phi) is 4.19. The molecule has 2 atom stereocenters. The van der Waals surface area contributed by atoms with Crippen molar-refractivity contribution in [1.29, 1.82) is 0 Å². The second-order valence-electron chi connectivity index (χ2n) is 2.51. The molecule has 0 bridgehead atoms. The van der Waals surface area contributed by atoms with Crippen LogP contribution in [0, 0.1) is 0 Å². The molecule has 0 spiro atoms. The summed E-state index contributed by atoms with van der Waals surface area (Å²) in [6.07, 6.45) is 0. The number of halogens is 1. The smallest absolute Gasteiger partial charge is 0.0617 e. The Morgan fingerprint density at radius 3 is 1.89 bits per heavy atom. The SMILES string of the molecule is C[C@@H]1COC[C@H](C)N1.Cl. The van der Waals surface area contributed by atoms with E-state index in [2.05, 4.69) is 19.2 Å². The fourth-order valence-corrected chi connectivity index (χ4v) is 1.00. The Balaban J connectivity index is 0.000000640. The molecule has 1 aliphatic heterocycles. The van der Waals surface area contributed by atoms with E-state index in [0.29, 0.717) is 12.1 Å². The van der Waals surface area contributed by atoms with Crippen molar-refractivity contribution in [1.82, 2.24) is 5.32 Å². The number of nitrogens with one attached hydrogen (secondary N) is 1. The summed E-state index contributed by atoms with van der Waals surface area (Å²) in [5, 5.41) is 3.35. The third-order valence-corrected chi connectivity index (χ3v) is 1.30. The highest BCUT2D eigenvalue weighted by atomic mass is 35.5. The van der Waals surface area contributed by atoms with Gasteiger partial charge in [-0.2, -0.15) is 0 Å². The number of hydrogen-bond donors (Lipinski definition) is 1. The van der Waals surface area contributed by atoms with Crippen molar-refractivity contribution in [2.24, 2.45) is 0 Å². The first-order chi connectivity index (χ1) is 3.79. The lowest BCUT2D eigenvalue weighted by atomic mass is 10.2. The molecule has 1 saturated heterocycles. The van der Waals surface area contributed by atoms with E-state index < -0.39 is 0 Å². The highest BCUT2D eigenvalue weighted by Crippen LogP contribution is 1.96. The monoisotopic (exact) mass is 151 g/mol. The Hall–Kier alpha value is 0.210. The van der Waals surface area contributed by atoms with Crippen molar-refractivity contribution in [3.8, 4) is 0 Å². The molecule has 1 rings (SSSR count). The first kappa shape index (κ1) is 9.21. The molecule has 0 aromatic rings. The lowest BCUT2D eigenvalue weighted by Gasteiger charge is -2.25. The van der Waals surface area contributed by atoms with Crippen LogP contribution in [-0.2, 0) is 4.74 Å². The van der Waals surface area contributed by atoms with Crippen molar-refractivity contribution < 1.29 is 4.74 Å². The highest BCUT2D eigenvalue weighted by Gasteiger charge is 2.12. The second kappa shape index (κ2) is 4.09. The van der Waals surface area contributed by atoms with Gasteiger partial charge in [0, 0.05) is 12.1 Å². The zero-order valence-electron chi connectivity index (χ0n) is 5.89. The fourth-order valence-electron chi connectivity index (χ4n) is 1.00. The molecule has 0 aliphatic carbocycles. The van der Waals surface area contributed by atoms with E-state index in [-0.39, 0.29) is 12.4 Å². The summed E-state index contributed by atoms with van der Waals surface area (Å²) in [6, 6.07) is 1.08. The Labute approximate surface area is 62.4 Å². The van der Waals surface area contributed by atoms with Crippen LogP contribution < -0.4 is 5.32 Å². The fraction of sp³-hybridized carbons (Fsp3) is 1.00. The molecule has 3 heteroatoms. The Bertz CT molecular complexity index is 71.5. The second-order valence-corrected chi connectivity index (χ2v) is 2.51. The van der Waals surface area contributed by atoms with Gasteiger partial charge < -0.3 is 10.1 Å².